The molecule has 1 rings (SSSR count). The molecule has 0 aromatic heterocycles. The van der Waals surface area contributed by atoms with E-state index in [0.717, 1.165) is 0 Å². The van der Waals surface area contributed by atoms with E-state index in [1.54, 1.807) is 32.0 Å². The number of hydrogen-bond donors (Lipinski definition) is 1. The van der Waals surface area contributed by atoms with Crippen LogP contribution >= 0.6 is 23.2 Å². The van der Waals surface area contributed by atoms with Gasteiger partial charge in [0.2, 0.25) is 0 Å². The maximum atomic E-state index is 11.7. The van der Waals surface area contributed by atoms with E-state index in [2.05, 4.69) is 0 Å². The van der Waals surface area contributed by atoms with E-state index in [0.29, 0.717) is 15.6 Å². The van der Waals surface area contributed by atoms with Crippen LogP contribution in [0.1, 0.15) is 25.5 Å². The van der Waals surface area contributed by atoms with Crippen LogP contribution in [0.3, 0.4) is 0 Å². The van der Waals surface area contributed by atoms with Gasteiger partial charge < -0.3 is 5.73 Å². The molecule has 1 aromatic carbocycles. The second kappa shape index (κ2) is 5.57. The van der Waals surface area contributed by atoms with E-state index in [4.69, 9.17) is 28.9 Å². The van der Waals surface area contributed by atoms with E-state index in [9.17, 15) is 8.42 Å². The number of benzene rings is 1. The summed E-state index contributed by atoms with van der Waals surface area (Å²) in [5.41, 5.74) is 6.54. The van der Waals surface area contributed by atoms with Gasteiger partial charge in [-0.1, -0.05) is 36.2 Å². The maximum Gasteiger partial charge on any atom is 0.154 e. The standard InChI is InChI=1S/C11H15Cl2NO2S/c1-3-17(15,16)7(2)11(14)9-5-4-8(12)6-10(9)13/h4-7,11H,3,14H2,1-2H3/t7-,11-/m0/s1. The van der Waals surface area contributed by atoms with Crippen molar-refractivity contribution in [3.63, 3.8) is 0 Å². The molecule has 0 bridgehead atoms. The van der Waals surface area contributed by atoms with Crippen LogP contribution in [0, 0.1) is 0 Å². The smallest absolute Gasteiger partial charge is 0.154 e. The highest BCUT2D eigenvalue weighted by atomic mass is 35.5. The summed E-state index contributed by atoms with van der Waals surface area (Å²) in [6.07, 6.45) is 0. The largest absolute Gasteiger partial charge is 0.323 e. The van der Waals surface area contributed by atoms with Crippen molar-refractivity contribution in [1.82, 2.24) is 0 Å². The lowest BCUT2D eigenvalue weighted by Gasteiger charge is -2.21. The van der Waals surface area contributed by atoms with Crippen LogP contribution < -0.4 is 5.73 Å². The van der Waals surface area contributed by atoms with Gasteiger partial charge in [-0.05, 0) is 24.6 Å². The molecule has 17 heavy (non-hydrogen) atoms. The molecule has 0 heterocycles. The Labute approximate surface area is 112 Å². The molecular weight excluding hydrogens is 281 g/mol. The summed E-state index contributed by atoms with van der Waals surface area (Å²) in [6, 6.07) is 4.22. The quantitative estimate of drug-likeness (QED) is 0.929. The van der Waals surface area contributed by atoms with Crippen molar-refractivity contribution in [2.45, 2.75) is 25.1 Å². The molecule has 6 heteroatoms. The highest BCUT2D eigenvalue weighted by Crippen LogP contribution is 2.29. The predicted octanol–water partition coefficient (Wildman–Crippen LogP) is 2.82. The molecule has 0 saturated carbocycles. The molecule has 3 nitrogen and oxygen atoms in total. The second-order valence-corrected chi connectivity index (χ2v) is 7.34. The first kappa shape index (κ1) is 14.8. The molecule has 0 amide bonds. The van der Waals surface area contributed by atoms with Crippen LogP contribution in [0.15, 0.2) is 18.2 Å². The maximum absolute atomic E-state index is 11.7. The Hall–Kier alpha value is -0.290. The van der Waals surface area contributed by atoms with Crippen LogP contribution in [-0.4, -0.2) is 19.4 Å². The molecule has 0 aliphatic heterocycles. The summed E-state index contributed by atoms with van der Waals surface area (Å²) >= 11 is 11.8. The Bertz CT molecular complexity index is 502. The zero-order chi connectivity index (χ0) is 13.2. The molecule has 0 radical (unpaired) electrons. The van der Waals surface area contributed by atoms with Gasteiger partial charge in [0.05, 0.1) is 5.25 Å². The van der Waals surface area contributed by atoms with Gasteiger partial charge >= 0.3 is 0 Å². The topological polar surface area (TPSA) is 60.2 Å². The number of rotatable bonds is 4. The van der Waals surface area contributed by atoms with Crippen LogP contribution in [0.25, 0.3) is 0 Å². The van der Waals surface area contributed by atoms with Gasteiger partial charge in [-0.25, -0.2) is 8.42 Å². The number of hydrogen-bond acceptors (Lipinski definition) is 3. The SMILES string of the molecule is CCS(=O)(=O)[C@@H](C)[C@H](N)c1ccc(Cl)cc1Cl. The summed E-state index contributed by atoms with van der Waals surface area (Å²) in [4.78, 5) is 0. The van der Waals surface area contributed by atoms with E-state index >= 15 is 0 Å². The van der Waals surface area contributed by atoms with Gasteiger partial charge in [-0.3, -0.25) is 0 Å². The predicted molar refractivity (Wildman–Crippen MR) is 72.3 cm³/mol. The summed E-state index contributed by atoms with van der Waals surface area (Å²) in [5.74, 6) is 0.0626. The highest BCUT2D eigenvalue weighted by Gasteiger charge is 2.27. The molecule has 2 atom stereocenters. The molecular formula is C11H15Cl2NO2S. The van der Waals surface area contributed by atoms with Gasteiger partial charge in [-0.15, -0.1) is 0 Å². The monoisotopic (exact) mass is 295 g/mol. The van der Waals surface area contributed by atoms with Crippen LogP contribution in [0.2, 0.25) is 10.0 Å². The first-order chi connectivity index (χ1) is 7.79. The molecule has 1 aromatic rings. The van der Waals surface area contributed by atoms with E-state index < -0.39 is 21.1 Å². The van der Waals surface area contributed by atoms with Crippen molar-refractivity contribution in [3.8, 4) is 0 Å². The highest BCUT2D eigenvalue weighted by molar-refractivity contribution is 7.92. The number of nitrogens with two attached hydrogens (primary N) is 1. The van der Waals surface area contributed by atoms with Crippen molar-refractivity contribution in [2.75, 3.05) is 5.75 Å². The fraction of sp³-hybridized carbons (Fsp3) is 0.455. The molecule has 0 aliphatic carbocycles. The first-order valence-electron chi connectivity index (χ1n) is 5.21. The van der Waals surface area contributed by atoms with Gasteiger partial charge in [0.25, 0.3) is 0 Å². The zero-order valence-electron chi connectivity index (χ0n) is 9.65. The van der Waals surface area contributed by atoms with Crippen molar-refractivity contribution in [3.05, 3.63) is 33.8 Å². The lowest BCUT2D eigenvalue weighted by molar-refractivity contribution is 0.566. The molecule has 96 valence electrons. The van der Waals surface area contributed by atoms with E-state index in [1.807, 2.05) is 0 Å². The van der Waals surface area contributed by atoms with Crippen LogP contribution in [-0.2, 0) is 9.84 Å². The van der Waals surface area contributed by atoms with Gasteiger partial charge in [0, 0.05) is 21.8 Å². The summed E-state index contributed by atoms with van der Waals surface area (Å²) in [6.45, 7) is 3.19. The third-order valence-electron chi connectivity index (χ3n) is 2.80. The van der Waals surface area contributed by atoms with Gasteiger partial charge in [0.15, 0.2) is 9.84 Å². The molecule has 0 unspecified atom stereocenters. The average molecular weight is 296 g/mol. The fourth-order valence-corrected chi connectivity index (χ4v) is 3.16. The van der Waals surface area contributed by atoms with Crippen LogP contribution in [0.5, 0.6) is 0 Å². The van der Waals surface area contributed by atoms with Crippen molar-refractivity contribution >= 4 is 33.0 Å². The molecule has 0 saturated heterocycles. The first-order valence-corrected chi connectivity index (χ1v) is 7.68. The summed E-state index contributed by atoms with van der Waals surface area (Å²) < 4.78 is 23.5. The average Bonchev–Trinajstić information content (AvgIpc) is 2.27. The molecule has 0 fully saturated rings. The third kappa shape index (κ3) is 3.35. The number of halogens is 2. The van der Waals surface area contributed by atoms with Gasteiger partial charge in [0.1, 0.15) is 0 Å². The molecule has 0 spiro atoms. The Kier molecular flexibility index (Phi) is 4.84. The Morgan fingerprint density at radius 3 is 2.41 bits per heavy atom. The summed E-state index contributed by atoms with van der Waals surface area (Å²) in [5, 5.41) is 0.214. The lowest BCUT2D eigenvalue weighted by atomic mass is 10.1. The normalized spacial score (nSPS) is 15.6. The van der Waals surface area contributed by atoms with Crippen LogP contribution in [0.4, 0.5) is 0 Å². The minimum Gasteiger partial charge on any atom is -0.323 e. The molecule has 2 N–H and O–H groups in total. The third-order valence-corrected chi connectivity index (χ3v) is 5.59. The van der Waals surface area contributed by atoms with Crippen molar-refractivity contribution < 1.29 is 8.42 Å². The Morgan fingerprint density at radius 2 is 1.94 bits per heavy atom. The number of sulfone groups is 1. The van der Waals surface area contributed by atoms with Crippen molar-refractivity contribution in [1.29, 1.82) is 0 Å². The zero-order valence-corrected chi connectivity index (χ0v) is 12.0. The minimum atomic E-state index is -3.19. The Balaban J connectivity index is 3.09. The van der Waals surface area contributed by atoms with Crippen molar-refractivity contribution in [2.24, 2.45) is 5.73 Å². The second-order valence-electron chi connectivity index (χ2n) is 3.85. The van der Waals surface area contributed by atoms with E-state index in [1.165, 1.54) is 0 Å². The summed E-state index contributed by atoms with van der Waals surface area (Å²) in [7, 11) is -3.19. The minimum absolute atomic E-state index is 0.0626. The van der Waals surface area contributed by atoms with E-state index in [-0.39, 0.29) is 5.75 Å². The van der Waals surface area contributed by atoms with Gasteiger partial charge in [-0.2, -0.15) is 0 Å². The Morgan fingerprint density at radius 1 is 1.35 bits per heavy atom. The fourth-order valence-electron chi connectivity index (χ4n) is 1.51. The molecule has 0 aliphatic rings. The lowest BCUT2D eigenvalue weighted by Crippen LogP contribution is -2.32.